The van der Waals surface area contributed by atoms with Crippen LogP contribution in [-0.4, -0.2) is 32.4 Å². The first kappa shape index (κ1) is 12.1. The van der Waals surface area contributed by atoms with Gasteiger partial charge in [-0.15, -0.1) is 11.8 Å². The van der Waals surface area contributed by atoms with Gasteiger partial charge in [-0.05, 0) is 38.2 Å². The second-order valence-electron chi connectivity index (χ2n) is 4.08. The van der Waals surface area contributed by atoms with Crippen LogP contribution in [-0.2, 0) is 0 Å². The van der Waals surface area contributed by atoms with E-state index >= 15 is 0 Å². The molecule has 0 saturated heterocycles. The molecular formula is C12H17ClN2S. The molecule has 0 bridgehead atoms. The van der Waals surface area contributed by atoms with E-state index in [1.54, 1.807) is 0 Å². The Hall–Kier alpha value is -0.380. The first-order chi connectivity index (χ1) is 7.72. The Morgan fingerprint density at radius 3 is 3.12 bits per heavy atom. The predicted octanol–water partition coefficient (Wildman–Crippen LogP) is 2.86. The highest BCUT2D eigenvalue weighted by Crippen LogP contribution is 2.38. The zero-order valence-electron chi connectivity index (χ0n) is 9.66. The highest BCUT2D eigenvalue weighted by Gasteiger charge is 2.23. The van der Waals surface area contributed by atoms with Crippen molar-refractivity contribution in [2.45, 2.75) is 17.4 Å². The van der Waals surface area contributed by atoms with Crippen LogP contribution in [0, 0.1) is 0 Å². The summed E-state index contributed by atoms with van der Waals surface area (Å²) in [6.45, 7) is 1.06. The molecule has 0 aliphatic carbocycles. The maximum Gasteiger partial charge on any atom is 0.0519 e. The van der Waals surface area contributed by atoms with Gasteiger partial charge in [0.2, 0.25) is 0 Å². The lowest BCUT2D eigenvalue weighted by Crippen LogP contribution is -2.38. The van der Waals surface area contributed by atoms with Crippen molar-refractivity contribution in [3.63, 3.8) is 0 Å². The second kappa shape index (κ2) is 5.30. The molecule has 2 rings (SSSR count). The number of nitrogens with zero attached hydrogens (tertiary/aromatic N) is 1. The third-order valence-electron chi connectivity index (χ3n) is 3.01. The van der Waals surface area contributed by atoms with Gasteiger partial charge in [0.15, 0.2) is 0 Å². The lowest BCUT2D eigenvalue weighted by molar-refractivity contribution is 0.598. The molecule has 2 nitrogen and oxygen atoms in total. The molecule has 1 unspecified atom stereocenters. The van der Waals surface area contributed by atoms with E-state index in [4.69, 9.17) is 11.6 Å². The van der Waals surface area contributed by atoms with Crippen molar-refractivity contribution in [3.8, 4) is 0 Å². The minimum atomic E-state index is 0.600. The fourth-order valence-electron chi connectivity index (χ4n) is 1.97. The summed E-state index contributed by atoms with van der Waals surface area (Å²) < 4.78 is 0. The molecule has 1 aliphatic rings. The third kappa shape index (κ3) is 2.47. The Kier molecular flexibility index (Phi) is 4.00. The fourth-order valence-corrected chi connectivity index (χ4v) is 3.41. The van der Waals surface area contributed by atoms with Gasteiger partial charge in [0.25, 0.3) is 0 Å². The van der Waals surface area contributed by atoms with E-state index in [1.165, 1.54) is 17.0 Å². The van der Waals surface area contributed by atoms with E-state index in [-0.39, 0.29) is 0 Å². The summed E-state index contributed by atoms with van der Waals surface area (Å²) in [6.07, 6.45) is 1.17. The smallest absolute Gasteiger partial charge is 0.0519 e. The van der Waals surface area contributed by atoms with Gasteiger partial charge in [-0.3, -0.25) is 0 Å². The Morgan fingerprint density at radius 2 is 2.38 bits per heavy atom. The summed E-state index contributed by atoms with van der Waals surface area (Å²) in [6, 6.07) is 6.75. The average Bonchev–Trinajstić information content (AvgIpc) is 2.29. The molecule has 88 valence electrons. The van der Waals surface area contributed by atoms with Gasteiger partial charge in [0.1, 0.15) is 0 Å². The van der Waals surface area contributed by atoms with Crippen LogP contribution in [0.5, 0.6) is 0 Å². The molecule has 0 fully saturated rings. The van der Waals surface area contributed by atoms with Crippen LogP contribution >= 0.6 is 23.4 Å². The largest absolute Gasteiger partial charge is 0.370 e. The number of anilines is 1. The third-order valence-corrected chi connectivity index (χ3v) is 4.45. The zero-order chi connectivity index (χ0) is 11.5. The molecule has 1 aromatic rings. The molecule has 0 saturated carbocycles. The number of thioether (sulfide) groups is 1. The number of benzene rings is 1. The minimum absolute atomic E-state index is 0.600. The molecule has 1 N–H and O–H groups in total. The molecule has 1 aromatic carbocycles. The van der Waals surface area contributed by atoms with E-state index in [1.807, 2.05) is 24.9 Å². The quantitative estimate of drug-likeness (QED) is 0.895. The zero-order valence-corrected chi connectivity index (χ0v) is 11.2. The predicted molar refractivity (Wildman–Crippen MR) is 72.9 cm³/mol. The van der Waals surface area contributed by atoms with Gasteiger partial charge < -0.3 is 10.2 Å². The minimum Gasteiger partial charge on any atom is -0.370 e. The summed E-state index contributed by atoms with van der Waals surface area (Å²) >= 11 is 7.98. The fraction of sp³-hybridized carbons (Fsp3) is 0.500. The van der Waals surface area contributed by atoms with Gasteiger partial charge >= 0.3 is 0 Å². The lowest BCUT2D eigenvalue weighted by atomic mass is 10.1. The van der Waals surface area contributed by atoms with Crippen molar-refractivity contribution in [1.82, 2.24) is 5.32 Å². The van der Waals surface area contributed by atoms with Crippen molar-refractivity contribution in [3.05, 3.63) is 23.2 Å². The van der Waals surface area contributed by atoms with Crippen molar-refractivity contribution in [2.24, 2.45) is 0 Å². The SMILES string of the molecule is CNCCC1CSc2ccc(Cl)cc2N1C. The first-order valence-corrected chi connectivity index (χ1v) is 6.88. The van der Waals surface area contributed by atoms with Crippen LogP contribution in [0.15, 0.2) is 23.1 Å². The standard InChI is InChI=1S/C12H17ClN2S/c1-14-6-5-10-8-16-12-4-3-9(13)7-11(12)15(10)2/h3-4,7,10,14H,5-6,8H2,1-2H3. The Morgan fingerprint density at radius 1 is 1.56 bits per heavy atom. The summed E-state index contributed by atoms with van der Waals surface area (Å²) in [5.74, 6) is 1.16. The molecule has 0 amide bonds. The molecule has 1 heterocycles. The lowest BCUT2D eigenvalue weighted by Gasteiger charge is -2.35. The monoisotopic (exact) mass is 256 g/mol. The Bertz CT molecular complexity index is 370. The van der Waals surface area contributed by atoms with Crippen molar-refractivity contribution < 1.29 is 0 Å². The number of rotatable bonds is 3. The molecule has 1 aliphatic heterocycles. The van der Waals surface area contributed by atoms with Crippen LogP contribution in [0.2, 0.25) is 5.02 Å². The Balaban J connectivity index is 2.17. The van der Waals surface area contributed by atoms with E-state index in [2.05, 4.69) is 29.4 Å². The summed E-state index contributed by atoms with van der Waals surface area (Å²) in [4.78, 5) is 3.70. The van der Waals surface area contributed by atoms with Crippen molar-refractivity contribution >= 4 is 29.1 Å². The van der Waals surface area contributed by atoms with Gasteiger partial charge in [-0.1, -0.05) is 11.6 Å². The number of halogens is 1. The van der Waals surface area contributed by atoms with E-state index in [0.717, 1.165) is 17.3 Å². The van der Waals surface area contributed by atoms with Crippen LogP contribution in [0.1, 0.15) is 6.42 Å². The van der Waals surface area contributed by atoms with E-state index in [0.29, 0.717) is 6.04 Å². The molecule has 4 heteroatoms. The second-order valence-corrected chi connectivity index (χ2v) is 5.58. The molecular weight excluding hydrogens is 240 g/mol. The van der Waals surface area contributed by atoms with Crippen molar-refractivity contribution in [2.75, 3.05) is 31.3 Å². The van der Waals surface area contributed by atoms with Crippen LogP contribution in [0.4, 0.5) is 5.69 Å². The van der Waals surface area contributed by atoms with E-state index < -0.39 is 0 Å². The summed E-state index contributed by atoms with van der Waals surface area (Å²) in [7, 11) is 4.16. The number of fused-ring (bicyclic) bond motifs is 1. The van der Waals surface area contributed by atoms with Crippen LogP contribution in [0.3, 0.4) is 0 Å². The van der Waals surface area contributed by atoms with Gasteiger partial charge in [0, 0.05) is 28.8 Å². The van der Waals surface area contributed by atoms with Gasteiger partial charge in [0.05, 0.1) is 5.69 Å². The Labute approximate surface area is 106 Å². The van der Waals surface area contributed by atoms with Gasteiger partial charge in [-0.25, -0.2) is 0 Å². The normalized spacial score (nSPS) is 19.7. The highest BCUT2D eigenvalue weighted by atomic mass is 35.5. The van der Waals surface area contributed by atoms with Crippen LogP contribution in [0.25, 0.3) is 0 Å². The molecule has 1 atom stereocenters. The first-order valence-electron chi connectivity index (χ1n) is 5.52. The molecule has 0 radical (unpaired) electrons. The maximum absolute atomic E-state index is 6.05. The van der Waals surface area contributed by atoms with Crippen molar-refractivity contribution in [1.29, 1.82) is 0 Å². The number of hydrogen-bond acceptors (Lipinski definition) is 3. The number of hydrogen-bond donors (Lipinski definition) is 1. The van der Waals surface area contributed by atoms with Gasteiger partial charge in [-0.2, -0.15) is 0 Å². The van der Waals surface area contributed by atoms with E-state index in [9.17, 15) is 0 Å². The number of nitrogens with one attached hydrogen (secondary N) is 1. The maximum atomic E-state index is 6.05. The average molecular weight is 257 g/mol. The molecule has 0 aromatic heterocycles. The molecule has 16 heavy (non-hydrogen) atoms. The van der Waals surface area contributed by atoms with Crippen LogP contribution < -0.4 is 10.2 Å². The molecule has 0 spiro atoms. The summed E-state index contributed by atoms with van der Waals surface area (Å²) in [5, 5.41) is 4.03. The summed E-state index contributed by atoms with van der Waals surface area (Å²) in [5.41, 5.74) is 1.27. The highest BCUT2D eigenvalue weighted by molar-refractivity contribution is 7.99. The topological polar surface area (TPSA) is 15.3 Å².